The third-order valence-corrected chi connectivity index (χ3v) is 4.97. The summed E-state index contributed by atoms with van der Waals surface area (Å²) in [5.74, 6) is -0.713. The average molecular weight is 406 g/mol. The van der Waals surface area contributed by atoms with Crippen molar-refractivity contribution < 1.29 is 23.1 Å². The van der Waals surface area contributed by atoms with Gasteiger partial charge in [-0.25, -0.2) is 0 Å². The van der Waals surface area contributed by atoms with Crippen molar-refractivity contribution in [3.63, 3.8) is 0 Å². The van der Waals surface area contributed by atoms with Crippen LogP contribution in [0.5, 0.6) is 0 Å². The largest absolute Gasteiger partial charge is 0.416 e. The lowest BCUT2D eigenvalue weighted by Crippen LogP contribution is -2.50. The van der Waals surface area contributed by atoms with Crippen LogP contribution in [-0.2, 0) is 11.0 Å². The number of carbonyl (C=O) groups is 1. The first-order chi connectivity index (χ1) is 13.4. The Kier molecular flexibility index (Phi) is 5.04. The van der Waals surface area contributed by atoms with Crippen molar-refractivity contribution in [2.45, 2.75) is 38.6 Å². The van der Waals surface area contributed by atoms with Gasteiger partial charge in [0.05, 0.1) is 34.8 Å². The molecule has 29 heavy (non-hydrogen) atoms. The molecule has 0 fully saturated rings. The number of pyridine rings is 1. The normalized spacial score (nSPS) is 15.3. The Labute approximate surface area is 165 Å². The lowest BCUT2D eigenvalue weighted by Gasteiger charge is -2.42. The number of fused-ring (bicyclic) bond motifs is 1. The second-order valence-electron chi connectivity index (χ2n) is 7.40. The number of halogens is 3. The van der Waals surface area contributed by atoms with Gasteiger partial charge in [-0.3, -0.25) is 9.78 Å². The number of hydrogen-bond donors (Lipinski definition) is 3. The van der Waals surface area contributed by atoms with Gasteiger partial charge in [-0.2, -0.15) is 13.2 Å². The summed E-state index contributed by atoms with van der Waals surface area (Å²) >= 11 is 0. The summed E-state index contributed by atoms with van der Waals surface area (Å²) in [5, 5.41) is 13.5. The molecule has 0 saturated carbocycles. The number of hydrogen-bond acceptors (Lipinski definition) is 5. The van der Waals surface area contributed by atoms with Crippen molar-refractivity contribution in [1.29, 1.82) is 0 Å². The fraction of sp³-hybridized carbons (Fsp3) is 0.300. The van der Waals surface area contributed by atoms with Crippen LogP contribution in [0.1, 0.15) is 26.3 Å². The number of amides is 1. The van der Waals surface area contributed by atoms with E-state index in [2.05, 4.69) is 10.3 Å². The maximum absolute atomic E-state index is 12.9. The van der Waals surface area contributed by atoms with Gasteiger partial charge in [0.1, 0.15) is 5.70 Å². The number of aromatic nitrogens is 1. The Morgan fingerprint density at radius 2 is 1.83 bits per heavy atom. The van der Waals surface area contributed by atoms with E-state index in [4.69, 9.17) is 5.73 Å². The Hall–Kier alpha value is -3.07. The number of anilines is 2. The van der Waals surface area contributed by atoms with Gasteiger partial charge in [0.2, 0.25) is 0 Å². The van der Waals surface area contributed by atoms with Crippen LogP contribution in [0.25, 0.3) is 11.1 Å². The molecular formula is C20H21F3N4O2. The van der Waals surface area contributed by atoms with Gasteiger partial charge in [-0.1, -0.05) is 12.1 Å². The zero-order valence-electron chi connectivity index (χ0n) is 16.1. The summed E-state index contributed by atoms with van der Waals surface area (Å²) in [7, 11) is 0. The minimum Gasteiger partial charge on any atom is -0.388 e. The van der Waals surface area contributed by atoms with Crippen molar-refractivity contribution >= 4 is 17.3 Å². The van der Waals surface area contributed by atoms with Gasteiger partial charge in [-0.15, -0.1) is 0 Å². The Balaban J connectivity index is 2.19. The van der Waals surface area contributed by atoms with Crippen LogP contribution < -0.4 is 16.0 Å². The molecule has 1 aliphatic heterocycles. The quantitative estimate of drug-likeness (QED) is 0.723. The number of aliphatic hydroxyl groups is 1. The molecule has 0 saturated heterocycles. The first kappa shape index (κ1) is 20.7. The summed E-state index contributed by atoms with van der Waals surface area (Å²) in [6.07, 6.45) is 0.00132. The molecule has 2 heterocycles. The molecule has 3 rings (SSSR count). The maximum atomic E-state index is 12.9. The van der Waals surface area contributed by atoms with E-state index in [1.54, 1.807) is 25.7 Å². The van der Waals surface area contributed by atoms with E-state index in [1.165, 1.54) is 30.7 Å². The number of nitrogens with one attached hydrogen (secondary N) is 1. The fourth-order valence-electron chi connectivity index (χ4n) is 3.11. The number of benzene rings is 1. The van der Waals surface area contributed by atoms with Gasteiger partial charge in [0.25, 0.3) is 5.91 Å². The van der Waals surface area contributed by atoms with Gasteiger partial charge in [0.15, 0.2) is 0 Å². The zero-order valence-corrected chi connectivity index (χ0v) is 16.1. The van der Waals surface area contributed by atoms with Crippen LogP contribution in [-0.4, -0.2) is 27.6 Å². The molecule has 6 nitrogen and oxygen atoms in total. The first-order valence-corrected chi connectivity index (χ1v) is 8.85. The predicted molar refractivity (Wildman–Crippen MR) is 104 cm³/mol. The summed E-state index contributed by atoms with van der Waals surface area (Å²) in [6, 6.07) is 4.07. The van der Waals surface area contributed by atoms with Crippen molar-refractivity contribution in [3.8, 4) is 11.1 Å². The molecular weight excluding hydrogens is 385 g/mol. The first-order valence-electron chi connectivity index (χ1n) is 8.85. The summed E-state index contributed by atoms with van der Waals surface area (Å²) in [6.45, 7) is 4.91. The molecule has 0 bridgehead atoms. The molecule has 9 heteroatoms. The van der Waals surface area contributed by atoms with Gasteiger partial charge in [0, 0.05) is 18.0 Å². The second-order valence-corrected chi connectivity index (χ2v) is 7.40. The van der Waals surface area contributed by atoms with Crippen LogP contribution in [0.15, 0.2) is 48.6 Å². The van der Waals surface area contributed by atoms with Crippen molar-refractivity contribution in [3.05, 3.63) is 54.1 Å². The monoisotopic (exact) mass is 406 g/mol. The predicted octanol–water partition coefficient (Wildman–Crippen LogP) is 3.49. The molecule has 154 valence electrons. The van der Waals surface area contributed by atoms with E-state index in [1.807, 2.05) is 0 Å². The van der Waals surface area contributed by atoms with Crippen LogP contribution in [0.3, 0.4) is 0 Å². The fourth-order valence-corrected chi connectivity index (χ4v) is 3.11. The molecule has 1 aromatic carbocycles. The number of alkyl halides is 3. The molecule has 1 unspecified atom stereocenters. The minimum absolute atomic E-state index is 0.117. The average Bonchev–Trinajstić information content (AvgIpc) is 2.64. The highest BCUT2D eigenvalue weighted by atomic mass is 19.4. The van der Waals surface area contributed by atoms with Crippen LogP contribution in [0.4, 0.5) is 24.5 Å². The van der Waals surface area contributed by atoms with E-state index < -0.39 is 29.3 Å². The molecule has 0 spiro atoms. The van der Waals surface area contributed by atoms with Crippen LogP contribution in [0, 0.1) is 0 Å². The van der Waals surface area contributed by atoms with E-state index in [0.717, 1.165) is 12.1 Å². The Morgan fingerprint density at radius 3 is 2.34 bits per heavy atom. The zero-order chi connectivity index (χ0) is 21.6. The highest BCUT2D eigenvalue weighted by Crippen LogP contribution is 2.43. The van der Waals surface area contributed by atoms with Crippen LogP contribution >= 0.6 is 0 Å². The summed E-state index contributed by atoms with van der Waals surface area (Å²) < 4.78 is 38.8. The van der Waals surface area contributed by atoms with Gasteiger partial charge >= 0.3 is 6.18 Å². The highest BCUT2D eigenvalue weighted by molar-refractivity contribution is 6.02. The van der Waals surface area contributed by atoms with Gasteiger partial charge < -0.3 is 21.1 Å². The number of nitrogens with zero attached hydrogens (tertiary/aromatic N) is 2. The van der Waals surface area contributed by atoms with Crippen LogP contribution in [0.2, 0.25) is 0 Å². The molecule has 1 aliphatic rings. The SMILES string of the molecule is CC(N1C(C(N)=O)=CNc2cncc(-c3ccc(C(F)(F)F)cc3)c21)C(C)(C)O. The molecule has 1 atom stereocenters. The third kappa shape index (κ3) is 3.91. The lowest BCUT2D eigenvalue weighted by molar-refractivity contribution is -0.137. The molecule has 1 aromatic heterocycles. The van der Waals surface area contributed by atoms with E-state index in [9.17, 15) is 23.1 Å². The number of rotatable bonds is 4. The van der Waals surface area contributed by atoms with Crippen molar-refractivity contribution in [1.82, 2.24) is 4.98 Å². The number of nitrogens with two attached hydrogens (primary N) is 1. The molecule has 1 amide bonds. The topological polar surface area (TPSA) is 91.5 Å². The standard InChI is InChI=1S/C20H21F3N4O2/c1-11(19(2,3)29)27-16(18(24)28)10-26-15-9-25-8-14(17(15)27)12-4-6-13(7-5-12)20(21,22)23/h4-11,26,29H,1-3H3,(H2,24,28). The maximum Gasteiger partial charge on any atom is 0.416 e. The summed E-state index contributed by atoms with van der Waals surface area (Å²) in [4.78, 5) is 17.8. The minimum atomic E-state index is -4.45. The van der Waals surface area contributed by atoms with E-state index in [-0.39, 0.29) is 5.70 Å². The third-order valence-electron chi connectivity index (χ3n) is 4.97. The van der Waals surface area contributed by atoms with E-state index >= 15 is 0 Å². The molecule has 4 N–H and O–H groups in total. The Bertz CT molecular complexity index is 963. The van der Waals surface area contributed by atoms with Crippen molar-refractivity contribution in [2.24, 2.45) is 5.73 Å². The number of carbonyl (C=O) groups excluding carboxylic acids is 1. The molecule has 2 aromatic rings. The Morgan fingerprint density at radius 1 is 1.21 bits per heavy atom. The van der Waals surface area contributed by atoms with E-state index in [0.29, 0.717) is 22.5 Å². The summed E-state index contributed by atoms with van der Waals surface area (Å²) in [5.41, 5.74) is 5.66. The molecule has 0 radical (unpaired) electrons. The second kappa shape index (κ2) is 7.07. The highest BCUT2D eigenvalue weighted by Gasteiger charge is 2.37. The molecule has 0 aliphatic carbocycles. The lowest BCUT2D eigenvalue weighted by atomic mass is 9.94. The van der Waals surface area contributed by atoms with Gasteiger partial charge in [-0.05, 0) is 38.5 Å². The number of primary amides is 1. The smallest absolute Gasteiger partial charge is 0.388 e. The van der Waals surface area contributed by atoms with Crippen molar-refractivity contribution in [2.75, 3.05) is 10.2 Å².